The van der Waals surface area contributed by atoms with Crippen LogP contribution < -0.4 is 10.6 Å². The molecule has 0 radical (unpaired) electrons. The lowest BCUT2D eigenvalue weighted by Crippen LogP contribution is -2.48. The SMILES string of the molecule is CNC1CCCN(CC(=O)NCCc2ccc(Cl)cc2)C1. The number of benzene rings is 1. The molecule has 1 fully saturated rings. The molecule has 1 amide bonds. The minimum atomic E-state index is 0.112. The third-order valence-electron chi connectivity index (χ3n) is 3.93. The van der Waals surface area contributed by atoms with Crippen LogP contribution in [0.1, 0.15) is 18.4 Å². The lowest BCUT2D eigenvalue weighted by molar-refractivity contribution is -0.122. The van der Waals surface area contributed by atoms with Crippen molar-refractivity contribution in [3.05, 3.63) is 34.9 Å². The molecule has 0 spiro atoms. The van der Waals surface area contributed by atoms with Gasteiger partial charge in [-0.25, -0.2) is 0 Å². The first-order valence-corrected chi connectivity index (χ1v) is 7.96. The van der Waals surface area contributed by atoms with E-state index < -0.39 is 0 Å². The van der Waals surface area contributed by atoms with Gasteiger partial charge in [0.15, 0.2) is 0 Å². The normalized spacial score (nSPS) is 19.4. The van der Waals surface area contributed by atoms with Gasteiger partial charge in [0.25, 0.3) is 0 Å². The molecular formula is C16H24ClN3O. The molecule has 1 heterocycles. The predicted molar refractivity (Wildman–Crippen MR) is 86.7 cm³/mol. The fourth-order valence-electron chi connectivity index (χ4n) is 2.69. The molecule has 4 nitrogen and oxygen atoms in total. The molecular weight excluding hydrogens is 286 g/mol. The van der Waals surface area contributed by atoms with Crippen molar-refractivity contribution >= 4 is 17.5 Å². The minimum Gasteiger partial charge on any atom is -0.355 e. The predicted octanol–water partition coefficient (Wildman–Crippen LogP) is 1.68. The van der Waals surface area contributed by atoms with Crippen molar-refractivity contribution in [3.63, 3.8) is 0 Å². The lowest BCUT2D eigenvalue weighted by atomic mass is 10.1. The van der Waals surface area contributed by atoms with E-state index in [1.165, 1.54) is 12.0 Å². The standard InChI is InChI=1S/C16H24ClN3O/c1-18-15-3-2-10-20(11-15)12-16(21)19-9-8-13-4-6-14(17)7-5-13/h4-7,15,18H,2-3,8-12H2,1H3,(H,19,21). The summed E-state index contributed by atoms with van der Waals surface area (Å²) in [6.07, 6.45) is 3.19. The van der Waals surface area contributed by atoms with Gasteiger partial charge in [-0.1, -0.05) is 23.7 Å². The molecule has 1 saturated heterocycles. The summed E-state index contributed by atoms with van der Waals surface area (Å²) >= 11 is 5.85. The summed E-state index contributed by atoms with van der Waals surface area (Å²) in [5.74, 6) is 0.112. The smallest absolute Gasteiger partial charge is 0.234 e. The van der Waals surface area contributed by atoms with Crippen molar-refractivity contribution in [1.82, 2.24) is 15.5 Å². The maximum atomic E-state index is 12.0. The van der Waals surface area contributed by atoms with Gasteiger partial charge in [0, 0.05) is 24.2 Å². The number of amides is 1. The van der Waals surface area contributed by atoms with Crippen molar-refractivity contribution in [1.29, 1.82) is 0 Å². The molecule has 1 aliphatic heterocycles. The average molecular weight is 310 g/mol. The molecule has 1 aliphatic rings. The lowest BCUT2D eigenvalue weighted by Gasteiger charge is -2.31. The average Bonchev–Trinajstić information content (AvgIpc) is 2.49. The van der Waals surface area contributed by atoms with E-state index in [4.69, 9.17) is 11.6 Å². The number of likely N-dealkylation sites (tertiary alicyclic amines) is 1. The van der Waals surface area contributed by atoms with E-state index in [1.807, 2.05) is 31.3 Å². The molecule has 1 aromatic carbocycles. The number of likely N-dealkylation sites (N-methyl/N-ethyl adjacent to an activating group) is 1. The molecule has 1 unspecified atom stereocenters. The van der Waals surface area contributed by atoms with Crippen LogP contribution in [0.2, 0.25) is 5.02 Å². The van der Waals surface area contributed by atoms with Gasteiger partial charge in [0.1, 0.15) is 0 Å². The summed E-state index contributed by atoms with van der Waals surface area (Å²) in [6.45, 7) is 3.15. The highest BCUT2D eigenvalue weighted by Crippen LogP contribution is 2.10. The van der Waals surface area contributed by atoms with Crippen LogP contribution in [-0.2, 0) is 11.2 Å². The number of nitrogens with zero attached hydrogens (tertiary/aromatic N) is 1. The zero-order valence-electron chi connectivity index (χ0n) is 12.6. The summed E-state index contributed by atoms with van der Waals surface area (Å²) < 4.78 is 0. The van der Waals surface area contributed by atoms with Crippen LogP contribution in [0.15, 0.2) is 24.3 Å². The Morgan fingerprint density at radius 3 is 2.86 bits per heavy atom. The van der Waals surface area contributed by atoms with Gasteiger partial charge >= 0.3 is 0 Å². The Hall–Kier alpha value is -1.10. The van der Waals surface area contributed by atoms with E-state index >= 15 is 0 Å². The Balaban J connectivity index is 1.66. The second kappa shape index (κ2) is 8.37. The fourth-order valence-corrected chi connectivity index (χ4v) is 2.82. The van der Waals surface area contributed by atoms with Gasteiger partial charge in [0.2, 0.25) is 5.91 Å². The molecule has 0 aromatic heterocycles. The molecule has 21 heavy (non-hydrogen) atoms. The Labute approximate surface area is 131 Å². The summed E-state index contributed by atoms with van der Waals surface area (Å²) in [7, 11) is 1.99. The molecule has 116 valence electrons. The zero-order chi connectivity index (χ0) is 15.1. The molecule has 0 saturated carbocycles. The monoisotopic (exact) mass is 309 g/mol. The van der Waals surface area contributed by atoms with Crippen molar-refractivity contribution in [3.8, 4) is 0 Å². The van der Waals surface area contributed by atoms with E-state index in [1.54, 1.807) is 0 Å². The number of carbonyl (C=O) groups excluding carboxylic acids is 1. The quantitative estimate of drug-likeness (QED) is 0.840. The van der Waals surface area contributed by atoms with Crippen molar-refractivity contribution in [2.24, 2.45) is 0 Å². The van der Waals surface area contributed by atoms with Gasteiger partial charge in [-0.05, 0) is 50.6 Å². The van der Waals surface area contributed by atoms with Crippen LogP contribution >= 0.6 is 11.6 Å². The Kier molecular flexibility index (Phi) is 6.49. The highest BCUT2D eigenvalue weighted by molar-refractivity contribution is 6.30. The second-order valence-electron chi connectivity index (χ2n) is 5.59. The van der Waals surface area contributed by atoms with Crippen molar-refractivity contribution in [2.75, 3.05) is 33.2 Å². The highest BCUT2D eigenvalue weighted by Gasteiger charge is 2.19. The summed E-state index contributed by atoms with van der Waals surface area (Å²) in [5, 5.41) is 7.03. The van der Waals surface area contributed by atoms with Crippen molar-refractivity contribution < 1.29 is 4.79 Å². The maximum absolute atomic E-state index is 12.0. The van der Waals surface area contributed by atoms with Gasteiger partial charge in [-0.15, -0.1) is 0 Å². The third-order valence-corrected chi connectivity index (χ3v) is 4.18. The first-order chi connectivity index (χ1) is 10.2. The Bertz CT molecular complexity index is 449. The molecule has 2 rings (SSSR count). The molecule has 0 aliphatic carbocycles. The van der Waals surface area contributed by atoms with Gasteiger partial charge in [0.05, 0.1) is 6.54 Å². The molecule has 5 heteroatoms. The first-order valence-electron chi connectivity index (χ1n) is 7.58. The summed E-state index contributed by atoms with van der Waals surface area (Å²) in [6, 6.07) is 8.27. The van der Waals surface area contributed by atoms with Crippen LogP contribution in [0.4, 0.5) is 0 Å². The van der Waals surface area contributed by atoms with Crippen LogP contribution in [0.25, 0.3) is 0 Å². The topological polar surface area (TPSA) is 44.4 Å². The number of hydrogen-bond donors (Lipinski definition) is 2. The number of carbonyl (C=O) groups is 1. The van der Waals surface area contributed by atoms with E-state index in [0.717, 1.165) is 31.0 Å². The summed E-state index contributed by atoms with van der Waals surface area (Å²) in [4.78, 5) is 14.2. The van der Waals surface area contributed by atoms with Gasteiger partial charge in [-0.3, -0.25) is 9.69 Å². The fraction of sp³-hybridized carbons (Fsp3) is 0.562. The number of hydrogen-bond acceptors (Lipinski definition) is 3. The first kappa shape index (κ1) is 16.3. The van der Waals surface area contributed by atoms with Crippen LogP contribution in [-0.4, -0.2) is 50.1 Å². The summed E-state index contributed by atoms with van der Waals surface area (Å²) in [5.41, 5.74) is 1.19. The Morgan fingerprint density at radius 2 is 2.14 bits per heavy atom. The van der Waals surface area contributed by atoms with E-state index in [0.29, 0.717) is 19.1 Å². The van der Waals surface area contributed by atoms with Crippen molar-refractivity contribution in [2.45, 2.75) is 25.3 Å². The third kappa shape index (κ3) is 5.65. The highest BCUT2D eigenvalue weighted by atomic mass is 35.5. The van der Waals surface area contributed by atoms with E-state index in [-0.39, 0.29) is 5.91 Å². The van der Waals surface area contributed by atoms with Gasteiger partial charge < -0.3 is 10.6 Å². The van der Waals surface area contributed by atoms with Crippen LogP contribution in [0.3, 0.4) is 0 Å². The maximum Gasteiger partial charge on any atom is 0.234 e. The molecule has 2 N–H and O–H groups in total. The number of rotatable bonds is 6. The van der Waals surface area contributed by atoms with Crippen LogP contribution in [0.5, 0.6) is 0 Å². The molecule has 1 aromatic rings. The molecule has 0 bridgehead atoms. The molecule has 1 atom stereocenters. The largest absolute Gasteiger partial charge is 0.355 e. The zero-order valence-corrected chi connectivity index (χ0v) is 13.3. The number of nitrogens with one attached hydrogen (secondary N) is 2. The Morgan fingerprint density at radius 1 is 1.38 bits per heavy atom. The number of piperidine rings is 1. The minimum absolute atomic E-state index is 0.112. The second-order valence-corrected chi connectivity index (χ2v) is 6.03. The van der Waals surface area contributed by atoms with Gasteiger partial charge in [-0.2, -0.15) is 0 Å². The van der Waals surface area contributed by atoms with E-state index in [2.05, 4.69) is 15.5 Å². The van der Waals surface area contributed by atoms with Crippen LogP contribution in [0, 0.1) is 0 Å². The van der Waals surface area contributed by atoms with E-state index in [9.17, 15) is 4.79 Å². The number of halogens is 1.